The third-order valence-electron chi connectivity index (χ3n) is 2.44. The van der Waals surface area contributed by atoms with Gasteiger partial charge < -0.3 is 5.11 Å². The average molecular weight is 292 g/mol. The van der Waals surface area contributed by atoms with Crippen molar-refractivity contribution in [1.29, 1.82) is 0 Å². The van der Waals surface area contributed by atoms with Crippen LogP contribution in [0, 0.1) is 0 Å². The summed E-state index contributed by atoms with van der Waals surface area (Å²) in [6.45, 7) is 2.78. The average Bonchev–Trinajstić information content (AvgIpc) is 2.28. The molecule has 0 aliphatic rings. The first-order valence-corrected chi connectivity index (χ1v) is 7.28. The summed E-state index contributed by atoms with van der Waals surface area (Å²) in [5.74, 6) is -1.40. The summed E-state index contributed by atoms with van der Waals surface area (Å²) >= 11 is 5.80. The van der Waals surface area contributed by atoms with Gasteiger partial charge in [-0.3, -0.25) is 4.31 Å². The Morgan fingerprint density at radius 1 is 1.50 bits per heavy atom. The molecule has 5 nitrogen and oxygen atoms in total. The van der Waals surface area contributed by atoms with E-state index in [1.807, 2.05) is 0 Å². The summed E-state index contributed by atoms with van der Waals surface area (Å²) in [5.41, 5.74) is 0.249. The van der Waals surface area contributed by atoms with E-state index in [0.29, 0.717) is 5.02 Å². The second kappa shape index (κ2) is 5.58. The molecule has 1 aromatic rings. The van der Waals surface area contributed by atoms with Crippen LogP contribution in [0.3, 0.4) is 0 Å². The lowest BCUT2D eigenvalue weighted by atomic mass is 10.2. The van der Waals surface area contributed by atoms with Crippen LogP contribution in [0.2, 0.25) is 5.02 Å². The summed E-state index contributed by atoms with van der Waals surface area (Å²) in [5, 5.41) is 9.35. The molecule has 1 N–H and O–H groups in total. The maximum atomic E-state index is 12.0. The Kier molecular flexibility index (Phi) is 4.59. The van der Waals surface area contributed by atoms with Gasteiger partial charge in [-0.25, -0.2) is 13.2 Å². The van der Waals surface area contributed by atoms with Crippen molar-refractivity contribution in [3.63, 3.8) is 0 Å². The van der Waals surface area contributed by atoms with Crippen LogP contribution in [0.4, 0.5) is 5.69 Å². The lowest BCUT2D eigenvalue weighted by molar-refractivity contribution is -0.137. The Bertz CT molecular complexity index is 544. The fourth-order valence-corrected chi connectivity index (χ4v) is 2.95. The largest absolute Gasteiger partial charge is 0.480 e. The molecule has 0 amide bonds. The molecule has 0 aliphatic carbocycles. The summed E-state index contributed by atoms with van der Waals surface area (Å²) in [6, 6.07) is 4.91. The van der Waals surface area contributed by atoms with Gasteiger partial charge in [0, 0.05) is 5.02 Å². The number of rotatable bonds is 5. The van der Waals surface area contributed by atoms with Crippen molar-refractivity contribution in [1.82, 2.24) is 0 Å². The van der Waals surface area contributed by atoms with Crippen LogP contribution in [0.1, 0.15) is 13.8 Å². The van der Waals surface area contributed by atoms with Gasteiger partial charge in [-0.15, -0.1) is 0 Å². The predicted molar refractivity (Wildman–Crippen MR) is 70.5 cm³/mol. The van der Waals surface area contributed by atoms with Crippen LogP contribution in [-0.2, 0) is 14.8 Å². The monoisotopic (exact) mass is 291 g/mol. The molecule has 0 saturated heterocycles. The lowest BCUT2D eigenvalue weighted by Crippen LogP contribution is -2.44. The minimum atomic E-state index is -3.68. The fourth-order valence-electron chi connectivity index (χ4n) is 1.48. The van der Waals surface area contributed by atoms with E-state index in [4.69, 9.17) is 16.7 Å². The number of hydrogen-bond donors (Lipinski definition) is 1. The molecule has 0 radical (unpaired) electrons. The molecule has 0 aromatic heterocycles. The van der Waals surface area contributed by atoms with Crippen molar-refractivity contribution >= 4 is 33.3 Å². The molecule has 0 spiro atoms. The molecular weight excluding hydrogens is 278 g/mol. The molecule has 1 atom stereocenters. The van der Waals surface area contributed by atoms with Crippen LogP contribution in [0.25, 0.3) is 0 Å². The number of carboxylic acid groups (broad SMARTS) is 1. The number of hydrogen-bond acceptors (Lipinski definition) is 3. The Morgan fingerprint density at radius 3 is 2.56 bits per heavy atom. The highest BCUT2D eigenvalue weighted by Crippen LogP contribution is 2.24. The Morgan fingerprint density at radius 2 is 2.11 bits per heavy atom. The van der Waals surface area contributed by atoms with E-state index in [2.05, 4.69) is 0 Å². The molecule has 1 aromatic carbocycles. The van der Waals surface area contributed by atoms with Gasteiger partial charge in [-0.1, -0.05) is 17.7 Å². The second-order valence-corrected chi connectivity index (χ2v) is 6.26. The van der Waals surface area contributed by atoms with Crippen LogP contribution in [-0.4, -0.2) is 31.3 Å². The Hall–Kier alpha value is -1.27. The third kappa shape index (κ3) is 3.14. The molecule has 0 aliphatic heterocycles. The van der Waals surface area contributed by atoms with Crippen LogP contribution in [0.5, 0.6) is 0 Å². The fraction of sp³-hybridized carbons (Fsp3) is 0.364. The number of carbonyl (C=O) groups is 1. The highest BCUT2D eigenvalue weighted by Gasteiger charge is 2.30. The zero-order valence-corrected chi connectivity index (χ0v) is 11.6. The first kappa shape index (κ1) is 14.8. The zero-order chi connectivity index (χ0) is 13.9. The maximum Gasteiger partial charge on any atom is 0.327 e. The van der Waals surface area contributed by atoms with Crippen molar-refractivity contribution in [2.24, 2.45) is 0 Å². The van der Waals surface area contributed by atoms with E-state index in [-0.39, 0.29) is 11.4 Å². The van der Waals surface area contributed by atoms with E-state index in [0.717, 1.165) is 4.31 Å². The van der Waals surface area contributed by atoms with Crippen molar-refractivity contribution in [2.75, 3.05) is 10.1 Å². The van der Waals surface area contributed by atoms with Gasteiger partial charge in [-0.2, -0.15) is 0 Å². The molecule has 0 bridgehead atoms. The number of halogens is 1. The molecule has 7 heteroatoms. The minimum absolute atomic E-state index is 0.183. The molecule has 1 unspecified atom stereocenters. The Labute approximate surface area is 111 Å². The highest BCUT2D eigenvalue weighted by molar-refractivity contribution is 7.92. The number of sulfonamides is 1. The van der Waals surface area contributed by atoms with Crippen molar-refractivity contribution in [3.05, 3.63) is 29.3 Å². The van der Waals surface area contributed by atoms with E-state index in [1.54, 1.807) is 12.1 Å². The normalized spacial score (nSPS) is 13.1. The number of anilines is 1. The molecule has 0 saturated carbocycles. The molecule has 0 heterocycles. The number of benzene rings is 1. The summed E-state index contributed by atoms with van der Waals surface area (Å²) < 4.78 is 24.8. The molecule has 100 valence electrons. The van der Waals surface area contributed by atoms with E-state index >= 15 is 0 Å². The quantitative estimate of drug-likeness (QED) is 0.900. The standard InChI is InChI=1S/C11H14ClNO4S/c1-3-18(16,17)13(8(2)11(14)15)10-6-4-5-9(12)7-10/h4-8H,3H2,1-2H3,(H,14,15). The van der Waals surface area contributed by atoms with E-state index in [9.17, 15) is 13.2 Å². The first-order chi connectivity index (χ1) is 8.29. The van der Waals surface area contributed by atoms with Gasteiger partial charge in [0.15, 0.2) is 0 Å². The summed E-state index contributed by atoms with van der Waals surface area (Å²) in [4.78, 5) is 11.0. The van der Waals surface area contributed by atoms with Crippen LogP contribution >= 0.6 is 11.6 Å². The van der Waals surface area contributed by atoms with Gasteiger partial charge in [0.2, 0.25) is 10.0 Å². The maximum absolute atomic E-state index is 12.0. The summed E-state index contributed by atoms with van der Waals surface area (Å²) in [7, 11) is -3.68. The topological polar surface area (TPSA) is 74.7 Å². The second-order valence-electron chi connectivity index (χ2n) is 3.69. The van der Waals surface area contributed by atoms with Crippen molar-refractivity contribution in [3.8, 4) is 0 Å². The minimum Gasteiger partial charge on any atom is -0.480 e. The summed E-state index contributed by atoms with van der Waals surface area (Å²) in [6.07, 6.45) is 0. The molecule has 0 fully saturated rings. The van der Waals surface area contributed by atoms with E-state index in [1.165, 1.54) is 26.0 Å². The van der Waals surface area contributed by atoms with Crippen LogP contribution < -0.4 is 4.31 Å². The van der Waals surface area contributed by atoms with Gasteiger partial charge in [0.25, 0.3) is 0 Å². The molecule has 18 heavy (non-hydrogen) atoms. The van der Waals surface area contributed by atoms with Crippen LogP contribution in [0.15, 0.2) is 24.3 Å². The Balaban J connectivity index is 3.34. The third-order valence-corrected chi connectivity index (χ3v) is 4.53. The molecule has 1 rings (SSSR count). The van der Waals surface area contributed by atoms with Gasteiger partial charge in [-0.05, 0) is 32.0 Å². The van der Waals surface area contributed by atoms with Gasteiger partial charge in [0.1, 0.15) is 6.04 Å². The van der Waals surface area contributed by atoms with E-state index < -0.39 is 22.0 Å². The zero-order valence-electron chi connectivity index (χ0n) is 10.00. The lowest BCUT2D eigenvalue weighted by Gasteiger charge is -2.27. The highest BCUT2D eigenvalue weighted by atomic mass is 35.5. The smallest absolute Gasteiger partial charge is 0.327 e. The predicted octanol–water partition coefficient (Wildman–Crippen LogP) is 1.97. The number of nitrogens with zero attached hydrogens (tertiary/aromatic N) is 1. The van der Waals surface area contributed by atoms with Gasteiger partial charge >= 0.3 is 5.97 Å². The SMILES string of the molecule is CCS(=O)(=O)N(c1cccc(Cl)c1)C(C)C(=O)O. The number of carboxylic acids is 1. The number of aliphatic carboxylic acids is 1. The van der Waals surface area contributed by atoms with Crippen molar-refractivity contribution in [2.45, 2.75) is 19.9 Å². The first-order valence-electron chi connectivity index (χ1n) is 5.30. The molecular formula is C11H14ClNO4S. The van der Waals surface area contributed by atoms with Gasteiger partial charge in [0.05, 0.1) is 11.4 Å². The van der Waals surface area contributed by atoms with Crippen molar-refractivity contribution < 1.29 is 18.3 Å².